The van der Waals surface area contributed by atoms with Crippen LogP contribution in [0.2, 0.25) is 0 Å². The zero-order valence-electron chi connectivity index (χ0n) is 13.5. The maximum Gasteiger partial charge on any atom is 0.303 e. The highest BCUT2D eigenvalue weighted by Crippen LogP contribution is 2.28. The van der Waals surface area contributed by atoms with Crippen LogP contribution in [0.15, 0.2) is 0 Å². The number of ketones is 1. The van der Waals surface area contributed by atoms with Gasteiger partial charge in [0.05, 0.1) is 6.61 Å². The first-order valence-corrected chi connectivity index (χ1v) is 7.00. The number of carbonyl (C=O) groups is 4. The van der Waals surface area contributed by atoms with Crippen LogP contribution < -0.4 is 5.32 Å². The fraction of sp³-hybridized carbons (Fsp3) is 0.714. The molecule has 0 aromatic carbocycles. The van der Waals surface area contributed by atoms with Gasteiger partial charge in [-0.15, -0.1) is 0 Å². The van der Waals surface area contributed by atoms with Crippen molar-refractivity contribution < 1.29 is 38.5 Å². The Kier molecular flexibility index (Phi) is 6.22. The van der Waals surface area contributed by atoms with Crippen LogP contribution in [0.4, 0.5) is 0 Å². The van der Waals surface area contributed by atoms with Crippen LogP contribution in [0.5, 0.6) is 0 Å². The molecule has 0 saturated carbocycles. The normalized spacial score (nSPS) is 30.2. The third-order valence-corrected chi connectivity index (χ3v) is 3.45. The molecular formula is C14H21NO8. The smallest absolute Gasteiger partial charge is 0.303 e. The summed E-state index contributed by atoms with van der Waals surface area (Å²) in [6, 6.07) is -1.23. The summed E-state index contributed by atoms with van der Waals surface area (Å²) in [5, 5.41) is 13.0. The van der Waals surface area contributed by atoms with Crippen molar-refractivity contribution in [2.75, 3.05) is 13.2 Å². The lowest BCUT2D eigenvalue weighted by Gasteiger charge is -2.45. The standard InChI is InChI=1S/C14H21NO8/c1-7(16)14(20)6-22-11(5-21-9(3)18)12(23-10(4)19)13(14)15-8(2)17/h11-13,20H,5-6H2,1-4H3,(H,15,17)/t11-,12-,13+,14-/m1/s1. The van der Waals surface area contributed by atoms with E-state index in [4.69, 9.17) is 14.2 Å². The number of carbonyl (C=O) groups excluding carboxylic acids is 4. The van der Waals surface area contributed by atoms with Gasteiger partial charge in [0.15, 0.2) is 17.5 Å². The zero-order valence-corrected chi connectivity index (χ0v) is 13.5. The largest absolute Gasteiger partial charge is 0.463 e. The third kappa shape index (κ3) is 4.73. The van der Waals surface area contributed by atoms with Crippen molar-refractivity contribution in [3.8, 4) is 0 Å². The van der Waals surface area contributed by atoms with Crippen LogP contribution in [0.25, 0.3) is 0 Å². The van der Waals surface area contributed by atoms with Crippen molar-refractivity contribution in [1.82, 2.24) is 5.32 Å². The first-order valence-electron chi connectivity index (χ1n) is 7.00. The van der Waals surface area contributed by atoms with Crippen molar-refractivity contribution in [3.63, 3.8) is 0 Å². The second-order valence-electron chi connectivity index (χ2n) is 5.38. The Hall–Kier alpha value is -2.00. The number of amides is 1. The molecule has 1 saturated heterocycles. The van der Waals surface area contributed by atoms with Gasteiger partial charge in [0, 0.05) is 20.8 Å². The van der Waals surface area contributed by atoms with Crippen LogP contribution in [0.1, 0.15) is 27.7 Å². The van der Waals surface area contributed by atoms with Gasteiger partial charge >= 0.3 is 11.9 Å². The highest BCUT2D eigenvalue weighted by Gasteiger charge is 2.54. The van der Waals surface area contributed by atoms with E-state index in [1.54, 1.807) is 0 Å². The minimum atomic E-state index is -2.06. The van der Waals surface area contributed by atoms with Gasteiger partial charge in [-0.05, 0) is 6.92 Å². The maximum atomic E-state index is 11.8. The van der Waals surface area contributed by atoms with Crippen LogP contribution in [0.3, 0.4) is 0 Å². The van der Waals surface area contributed by atoms with Gasteiger partial charge in [-0.2, -0.15) is 0 Å². The molecule has 23 heavy (non-hydrogen) atoms. The van der Waals surface area contributed by atoms with Gasteiger partial charge in [-0.25, -0.2) is 0 Å². The number of hydrogen-bond acceptors (Lipinski definition) is 8. The molecule has 9 heteroatoms. The molecule has 1 amide bonds. The lowest BCUT2D eigenvalue weighted by molar-refractivity contribution is -0.214. The first-order chi connectivity index (χ1) is 10.6. The topological polar surface area (TPSA) is 128 Å². The number of nitrogens with one attached hydrogen (secondary N) is 1. The van der Waals surface area contributed by atoms with Gasteiger partial charge in [0.25, 0.3) is 0 Å². The molecule has 1 fully saturated rings. The lowest BCUT2D eigenvalue weighted by atomic mass is 9.82. The molecule has 0 bridgehead atoms. The molecule has 0 unspecified atom stereocenters. The number of Topliss-reactive ketones (excluding diaryl/α,β-unsaturated/α-hetero) is 1. The van der Waals surface area contributed by atoms with E-state index < -0.39 is 54.1 Å². The molecule has 1 rings (SSSR count). The van der Waals surface area contributed by atoms with E-state index in [-0.39, 0.29) is 6.61 Å². The molecule has 0 aromatic rings. The van der Waals surface area contributed by atoms with Crippen LogP contribution in [0, 0.1) is 0 Å². The van der Waals surface area contributed by atoms with Crippen molar-refractivity contribution in [1.29, 1.82) is 0 Å². The van der Waals surface area contributed by atoms with Gasteiger partial charge < -0.3 is 24.6 Å². The summed E-state index contributed by atoms with van der Waals surface area (Å²) in [6.45, 7) is 3.97. The summed E-state index contributed by atoms with van der Waals surface area (Å²) >= 11 is 0. The Morgan fingerprint density at radius 3 is 2.22 bits per heavy atom. The summed E-state index contributed by atoms with van der Waals surface area (Å²) in [4.78, 5) is 45.5. The van der Waals surface area contributed by atoms with Crippen molar-refractivity contribution >= 4 is 23.6 Å². The quantitative estimate of drug-likeness (QED) is 0.595. The van der Waals surface area contributed by atoms with E-state index in [2.05, 4.69) is 5.32 Å². The fourth-order valence-corrected chi connectivity index (χ4v) is 2.32. The monoisotopic (exact) mass is 331 g/mol. The minimum absolute atomic E-state index is 0.253. The Morgan fingerprint density at radius 2 is 1.78 bits per heavy atom. The Morgan fingerprint density at radius 1 is 1.17 bits per heavy atom. The summed E-state index contributed by atoms with van der Waals surface area (Å²) in [6.07, 6.45) is -2.13. The molecule has 2 N–H and O–H groups in total. The fourth-order valence-electron chi connectivity index (χ4n) is 2.32. The molecule has 0 aliphatic carbocycles. The molecule has 9 nitrogen and oxygen atoms in total. The summed E-state index contributed by atoms with van der Waals surface area (Å²) < 4.78 is 15.3. The number of esters is 2. The molecule has 0 aromatic heterocycles. The van der Waals surface area contributed by atoms with E-state index in [0.717, 1.165) is 13.8 Å². The molecule has 0 radical (unpaired) electrons. The second kappa shape index (κ2) is 7.51. The number of ether oxygens (including phenoxy) is 3. The van der Waals surface area contributed by atoms with Crippen LogP contribution in [-0.4, -0.2) is 65.8 Å². The third-order valence-electron chi connectivity index (χ3n) is 3.45. The maximum absolute atomic E-state index is 11.8. The van der Waals surface area contributed by atoms with E-state index in [0.29, 0.717) is 0 Å². The highest BCUT2D eigenvalue weighted by molar-refractivity contribution is 5.87. The SMILES string of the molecule is CC(=O)N[C@H]1[C@H](OC(C)=O)[C@@H](COC(C)=O)OC[C@@]1(O)C(C)=O. The molecule has 1 aliphatic rings. The average Bonchev–Trinajstić information content (AvgIpc) is 2.40. The highest BCUT2D eigenvalue weighted by atomic mass is 16.6. The van der Waals surface area contributed by atoms with Crippen molar-refractivity contribution in [3.05, 3.63) is 0 Å². The number of hydrogen-bond donors (Lipinski definition) is 2. The first kappa shape index (κ1) is 19.0. The zero-order chi connectivity index (χ0) is 17.8. The summed E-state index contributed by atoms with van der Waals surface area (Å²) in [5.74, 6) is -2.45. The second-order valence-corrected chi connectivity index (χ2v) is 5.38. The lowest BCUT2D eigenvalue weighted by Crippen LogP contribution is -2.71. The Bertz CT molecular complexity index is 505. The van der Waals surface area contributed by atoms with Crippen LogP contribution in [-0.2, 0) is 33.4 Å². The number of rotatable bonds is 5. The molecule has 0 spiro atoms. The summed E-state index contributed by atoms with van der Waals surface area (Å²) in [7, 11) is 0. The Balaban J connectivity index is 3.14. The van der Waals surface area contributed by atoms with Gasteiger partial charge in [-0.3, -0.25) is 19.2 Å². The molecule has 1 aliphatic heterocycles. The number of aliphatic hydroxyl groups is 1. The van der Waals surface area contributed by atoms with E-state index >= 15 is 0 Å². The van der Waals surface area contributed by atoms with Crippen LogP contribution >= 0.6 is 0 Å². The van der Waals surface area contributed by atoms with Gasteiger partial charge in [-0.1, -0.05) is 0 Å². The van der Waals surface area contributed by atoms with Crippen molar-refractivity contribution in [2.45, 2.75) is 51.5 Å². The molecule has 1 heterocycles. The average molecular weight is 331 g/mol. The predicted molar refractivity (Wildman–Crippen MR) is 75.2 cm³/mol. The van der Waals surface area contributed by atoms with Crippen molar-refractivity contribution in [2.24, 2.45) is 0 Å². The molecule has 4 atom stereocenters. The van der Waals surface area contributed by atoms with Gasteiger partial charge in [0.2, 0.25) is 5.91 Å². The molecule has 130 valence electrons. The van der Waals surface area contributed by atoms with E-state index in [9.17, 15) is 24.3 Å². The predicted octanol–water partition coefficient (Wildman–Crippen LogP) is -1.30. The molecular weight excluding hydrogens is 310 g/mol. The van der Waals surface area contributed by atoms with Gasteiger partial charge in [0.1, 0.15) is 18.8 Å². The minimum Gasteiger partial charge on any atom is -0.463 e. The van der Waals surface area contributed by atoms with E-state index in [1.807, 2.05) is 0 Å². The summed E-state index contributed by atoms with van der Waals surface area (Å²) in [5.41, 5.74) is -2.06. The Labute approximate surface area is 133 Å². The van der Waals surface area contributed by atoms with E-state index in [1.165, 1.54) is 13.8 Å².